The summed E-state index contributed by atoms with van der Waals surface area (Å²) in [7, 11) is 0. The molecule has 0 N–H and O–H groups in total. The summed E-state index contributed by atoms with van der Waals surface area (Å²) >= 11 is 0. The molecule has 20 aromatic carbocycles. The summed E-state index contributed by atoms with van der Waals surface area (Å²) in [4.78, 5) is 9.88. The topological polar surface area (TPSA) is 13.0 Å². The average molecular weight is 1490 g/mol. The zero-order chi connectivity index (χ0) is 77.6. The Morgan fingerprint density at radius 2 is 0.500 bits per heavy atom. The Labute approximate surface area is 679 Å². The van der Waals surface area contributed by atoms with Crippen LogP contribution in [0.1, 0.15) is 62.8 Å². The van der Waals surface area contributed by atoms with Gasteiger partial charge in [0.15, 0.2) is 0 Å². The third-order valence-corrected chi connectivity index (χ3v) is 25.0. The van der Waals surface area contributed by atoms with Gasteiger partial charge < -0.3 is 19.6 Å². The van der Waals surface area contributed by atoms with Gasteiger partial charge >= 0.3 is 0 Å². The minimum absolute atomic E-state index is 0.00422. The van der Waals surface area contributed by atoms with Gasteiger partial charge in [-0.05, 0) is 264 Å². The van der Waals surface area contributed by atoms with Gasteiger partial charge in [-0.25, -0.2) is 0 Å². The fraction of sp³-hybridized carbons (Fsp3) is 0.0893. The lowest BCUT2D eigenvalue weighted by Crippen LogP contribution is -2.24. The Bertz CT molecular complexity index is 6870. The molecule has 0 saturated carbocycles. The van der Waals surface area contributed by atoms with Crippen molar-refractivity contribution in [3.63, 3.8) is 0 Å². The molecule has 0 heterocycles. The highest BCUT2D eigenvalue weighted by Crippen LogP contribution is 2.58. The number of fused-ring (bicyclic) bond motifs is 1. The zero-order valence-electron chi connectivity index (χ0n) is 65.7. The van der Waals surface area contributed by atoms with Gasteiger partial charge in [-0.15, -0.1) is 0 Å². The molecule has 116 heavy (non-hydrogen) atoms. The quantitative estimate of drug-likeness (QED) is 0.0949. The lowest BCUT2D eigenvalue weighted by Gasteiger charge is -2.37. The summed E-state index contributed by atoms with van der Waals surface area (Å²) in [5.74, 6) is 0. The molecule has 22 rings (SSSR count). The second kappa shape index (κ2) is 28.5. The Morgan fingerprint density at radius 1 is 0.198 bits per heavy atom. The van der Waals surface area contributed by atoms with E-state index in [1.165, 1.54) is 154 Å². The number of aryl methyl sites for hydroxylation is 2. The Balaban J connectivity index is 0.000000145. The smallest absolute Gasteiger partial charge is 0.0546 e. The first-order valence-electron chi connectivity index (χ1n) is 41.0. The molecular weight excluding hydrogens is 1400 g/mol. The molecule has 0 radical (unpaired) electrons. The van der Waals surface area contributed by atoms with E-state index < -0.39 is 0 Å². The molecule has 0 amide bonds. The first-order valence-corrected chi connectivity index (χ1v) is 41.0. The highest BCUT2D eigenvalue weighted by atomic mass is 15.2. The highest BCUT2D eigenvalue weighted by Gasteiger charge is 2.37. The van der Waals surface area contributed by atoms with E-state index >= 15 is 0 Å². The number of nitrogens with zero attached hydrogens (tertiary/aromatic N) is 4. The molecule has 0 spiro atoms. The van der Waals surface area contributed by atoms with Crippen molar-refractivity contribution in [1.82, 2.24) is 0 Å². The van der Waals surface area contributed by atoms with Crippen molar-refractivity contribution in [2.75, 3.05) is 19.6 Å². The maximum atomic E-state index is 2.57. The van der Waals surface area contributed by atoms with Gasteiger partial charge in [-0.1, -0.05) is 289 Å². The summed E-state index contributed by atoms with van der Waals surface area (Å²) < 4.78 is 0. The van der Waals surface area contributed by atoms with Crippen molar-refractivity contribution in [1.29, 1.82) is 0 Å². The average Bonchev–Trinajstić information content (AvgIpc) is 0.694. The summed E-state index contributed by atoms with van der Waals surface area (Å²) in [6.07, 6.45) is 4.22. The molecule has 2 aliphatic rings. The molecule has 2 aliphatic carbocycles. The van der Waals surface area contributed by atoms with Crippen molar-refractivity contribution in [3.05, 3.63) is 423 Å². The third kappa shape index (κ3) is 11.9. The van der Waals surface area contributed by atoms with Crippen LogP contribution in [0.15, 0.2) is 400 Å². The lowest BCUT2D eigenvalue weighted by molar-refractivity contribution is 0.475. The molecule has 20 aromatic rings. The van der Waals surface area contributed by atoms with Crippen LogP contribution in [0.5, 0.6) is 0 Å². The summed E-state index contributed by atoms with van der Waals surface area (Å²) in [6, 6.07) is 147. The molecule has 0 unspecified atom stereocenters. The molecule has 554 valence electrons. The highest BCUT2D eigenvalue weighted by molar-refractivity contribution is 6.34. The number of rotatable bonds is 15. The Kier molecular flexibility index (Phi) is 17.2. The number of para-hydroxylation sites is 8. The number of benzene rings is 20. The maximum absolute atomic E-state index is 2.57. The van der Waals surface area contributed by atoms with Crippen LogP contribution in [-0.2, 0) is 23.7 Å². The van der Waals surface area contributed by atoms with E-state index in [1.807, 2.05) is 0 Å². The van der Waals surface area contributed by atoms with E-state index in [2.05, 4.69) is 448 Å². The van der Waals surface area contributed by atoms with Gasteiger partial charge in [-0.2, -0.15) is 0 Å². The fourth-order valence-corrected chi connectivity index (χ4v) is 19.4. The van der Waals surface area contributed by atoms with Gasteiger partial charge in [0.1, 0.15) is 0 Å². The normalized spacial score (nSPS) is 13.3. The standard InChI is InChI=1S/C57H44N2.C55H42N2/c1-57(2)34-33-42-36-52(58(43-23-10-4-11-24-43)44-25-12-5-13-26-44)48-32-31-47-49(41-22-18-21-40(35-41)39-19-8-3-9-20-39)38-53(50-37-51(57)54(42)56(48)55(47)50)59(45-27-14-6-15-28-45)46-29-16-7-17-30-46;1-55(2)33-32-38-34-50(56(39-20-7-3-8-21-39)40-22-9-4-10-23-40)46-31-30-45-47(44-29-17-19-37-18-15-16-28-43(37)44)36-51(48-35-49(55)52(38)54(46)53(45)48)57(41-24-11-5-12-25-41)42-26-13-6-14-27-42/h3-32,35-38H,33-34H2,1-2H3;3-31,34-36H,32-33H2,1-2H3. The molecule has 4 heteroatoms. The maximum Gasteiger partial charge on any atom is 0.0546 e. The molecule has 0 aliphatic heterocycles. The van der Waals surface area contributed by atoms with Gasteiger partial charge in [0.25, 0.3) is 0 Å². The summed E-state index contributed by atoms with van der Waals surface area (Å²) in [5, 5.41) is 18.3. The zero-order valence-corrected chi connectivity index (χ0v) is 65.7. The third-order valence-electron chi connectivity index (χ3n) is 25.0. The van der Waals surface area contributed by atoms with Crippen LogP contribution in [0.2, 0.25) is 0 Å². The first-order chi connectivity index (χ1) is 57.1. The van der Waals surface area contributed by atoms with Crippen LogP contribution in [-0.4, -0.2) is 0 Å². The fourth-order valence-electron chi connectivity index (χ4n) is 19.4. The van der Waals surface area contributed by atoms with Gasteiger partial charge in [-0.3, -0.25) is 0 Å². The predicted octanol–water partition coefficient (Wildman–Crippen LogP) is 31.6. The number of hydrogen-bond donors (Lipinski definition) is 0. The summed E-state index contributed by atoms with van der Waals surface area (Å²) in [6.45, 7) is 9.79. The molecule has 4 nitrogen and oxygen atoms in total. The van der Waals surface area contributed by atoms with Crippen LogP contribution >= 0.6 is 0 Å². The van der Waals surface area contributed by atoms with E-state index in [9.17, 15) is 0 Å². The van der Waals surface area contributed by atoms with Crippen molar-refractivity contribution >= 4 is 144 Å². The van der Waals surface area contributed by atoms with Crippen molar-refractivity contribution in [2.45, 2.75) is 64.2 Å². The molecule has 0 saturated heterocycles. The van der Waals surface area contributed by atoms with Gasteiger partial charge in [0.05, 0.1) is 22.7 Å². The second-order valence-corrected chi connectivity index (χ2v) is 32.8. The predicted molar refractivity (Wildman–Crippen MR) is 496 cm³/mol. The second-order valence-electron chi connectivity index (χ2n) is 32.8. The van der Waals surface area contributed by atoms with E-state index in [1.54, 1.807) is 0 Å². The minimum atomic E-state index is -0.00979. The van der Waals surface area contributed by atoms with E-state index in [0.717, 1.165) is 71.2 Å². The Hall–Kier alpha value is -14.1. The van der Waals surface area contributed by atoms with Gasteiger partial charge in [0, 0.05) is 88.6 Å². The van der Waals surface area contributed by atoms with E-state index in [0.29, 0.717) is 0 Å². The lowest BCUT2D eigenvalue weighted by atomic mass is 9.70. The van der Waals surface area contributed by atoms with Crippen LogP contribution in [0.4, 0.5) is 68.2 Å². The van der Waals surface area contributed by atoms with E-state index in [4.69, 9.17) is 0 Å². The molecular formula is C112H86N4. The summed E-state index contributed by atoms with van der Waals surface area (Å²) in [5.41, 5.74) is 27.0. The van der Waals surface area contributed by atoms with Crippen molar-refractivity contribution < 1.29 is 0 Å². The molecule has 0 aromatic heterocycles. The van der Waals surface area contributed by atoms with Crippen molar-refractivity contribution in [3.8, 4) is 33.4 Å². The number of hydrogen-bond acceptors (Lipinski definition) is 4. The number of anilines is 12. The largest absolute Gasteiger partial charge is 0.310 e. The molecule has 0 bridgehead atoms. The van der Waals surface area contributed by atoms with Crippen molar-refractivity contribution in [2.24, 2.45) is 0 Å². The minimum Gasteiger partial charge on any atom is -0.310 e. The first kappa shape index (κ1) is 69.9. The Morgan fingerprint density at radius 3 is 0.897 bits per heavy atom. The van der Waals surface area contributed by atoms with Crippen LogP contribution in [0, 0.1) is 0 Å². The van der Waals surface area contributed by atoms with Gasteiger partial charge in [0.2, 0.25) is 0 Å². The van der Waals surface area contributed by atoms with E-state index in [-0.39, 0.29) is 10.8 Å². The molecule has 0 atom stereocenters. The monoisotopic (exact) mass is 1490 g/mol. The van der Waals surface area contributed by atoms with Crippen LogP contribution < -0.4 is 19.6 Å². The SMILES string of the molecule is CC1(C)CCc2cc(N(c3ccccc3)c3ccccc3)c3ccc4c(-c5cccc(-c6ccccc6)c5)cc(N(c5ccccc5)c5ccccc5)c5cc1c2c3c45.CC1(C)CCc2cc(N(c3ccccc3)c3ccccc3)c3ccc4c(-c5cccc6ccccc56)cc(N(c5ccccc5)c5ccccc5)c5cc1c2c3c45. The van der Waals surface area contributed by atoms with Crippen LogP contribution in [0.25, 0.3) is 109 Å². The molecule has 0 fully saturated rings. The van der Waals surface area contributed by atoms with Crippen LogP contribution in [0.3, 0.4) is 0 Å².